The summed E-state index contributed by atoms with van der Waals surface area (Å²) in [7, 11) is 0. The van der Waals surface area contributed by atoms with Gasteiger partial charge in [-0.05, 0) is 30.4 Å². The molecule has 4 nitrogen and oxygen atoms in total. The van der Waals surface area contributed by atoms with Gasteiger partial charge in [0.15, 0.2) is 0 Å². The van der Waals surface area contributed by atoms with Crippen molar-refractivity contribution >= 4 is 17.6 Å². The molecule has 1 aliphatic rings. The number of amides is 1. The molecule has 0 heterocycles. The van der Waals surface area contributed by atoms with Crippen LogP contribution < -0.4 is 5.32 Å². The molecule has 1 aromatic rings. The van der Waals surface area contributed by atoms with E-state index in [0.717, 1.165) is 12.0 Å². The molecule has 0 spiro atoms. The number of carboxylic acids is 1. The van der Waals surface area contributed by atoms with Crippen molar-refractivity contribution in [2.45, 2.75) is 27.2 Å². The second-order valence-electron chi connectivity index (χ2n) is 5.54. The zero-order valence-electron chi connectivity index (χ0n) is 10.8. The minimum absolute atomic E-state index is 0.0150. The third-order valence-corrected chi connectivity index (χ3v) is 3.58. The highest BCUT2D eigenvalue weighted by Crippen LogP contribution is 2.52. The lowest BCUT2D eigenvalue weighted by atomic mass is 10.1. The smallest absolute Gasteiger partial charge is 0.337 e. The van der Waals surface area contributed by atoms with Gasteiger partial charge in [-0.15, -0.1) is 0 Å². The minimum atomic E-state index is -1.02. The van der Waals surface area contributed by atoms with E-state index < -0.39 is 5.97 Å². The molecule has 4 heteroatoms. The Morgan fingerprint density at radius 3 is 2.50 bits per heavy atom. The van der Waals surface area contributed by atoms with Crippen LogP contribution in [-0.4, -0.2) is 17.0 Å². The standard InChI is InChI=1S/C14H17NO3/c1-8-5-4-6-9(13(17)18)11(8)15-12(16)10-7-14(10,2)3/h4-6,10H,7H2,1-3H3,(H,15,16)(H,17,18). The summed E-state index contributed by atoms with van der Waals surface area (Å²) >= 11 is 0. The third kappa shape index (κ3) is 2.23. The predicted octanol–water partition coefficient (Wildman–Crippen LogP) is 2.68. The zero-order chi connectivity index (χ0) is 13.5. The molecule has 0 bridgehead atoms. The van der Waals surface area contributed by atoms with Gasteiger partial charge in [-0.25, -0.2) is 4.79 Å². The maximum absolute atomic E-state index is 12.0. The molecule has 1 fully saturated rings. The zero-order valence-corrected chi connectivity index (χ0v) is 10.8. The number of carbonyl (C=O) groups excluding carboxylic acids is 1. The van der Waals surface area contributed by atoms with E-state index in [1.54, 1.807) is 19.1 Å². The second kappa shape index (κ2) is 4.12. The van der Waals surface area contributed by atoms with Crippen molar-refractivity contribution in [2.24, 2.45) is 11.3 Å². The average Bonchev–Trinajstić information content (AvgIpc) is 2.90. The highest BCUT2D eigenvalue weighted by molar-refractivity contribution is 6.03. The fourth-order valence-corrected chi connectivity index (χ4v) is 2.14. The first kappa shape index (κ1) is 12.6. The summed E-state index contributed by atoms with van der Waals surface area (Å²) in [5.74, 6) is -1.13. The van der Waals surface area contributed by atoms with Gasteiger partial charge < -0.3 is 10.4 Å². The molecule has 1 amide bonds. The van der Waals surface area contributed by atoms with Crippen molar-refractivity contribution in [3.05, 3.63) is 29.3 Å². The van der Waals surface area contributed by atoms with Crippen LogP contribution in [0.2, 0.25) is 0 Å². The molecule has 0 saturated heterocycles. The normalized spacial score (nSPS) is 20.3. The second-order valence-corrected chi connectivity index (χ2v) is 5.54. The number of anilines is 1. The topological polar surface area (TPSA) is 66.4 Å². The number of rotatable bonds is 3. The van der Waals surface area contributed by atoms with Crippen molar-refractivity contribution in [1.29, 1.82) is 0 Å². The molecule has 1 unspecified atom stereocenters. The van der Waals surface area contributed by atoms with Crippen molar-refractivity contribution in [3.8, 4) is 0 Å². The van der Waals surface area contributed by atoms with Crippen molar-refractivity contribution in [3.63, 3.8) is 0 Å². The summed E-state index contributed by atoms with van der Waals surface area (Å²) in [5.41, 5.74) is 1.36. The maximum Gasteiger partial charge on any atom is 0.337 e. The van der Waals surface area contributed by atoms with E-state index in [2.05, 4.69) is 5.32 Å². The highest BCUT2D eigenvalue weighted by atomic mass is 16.4. The van der Waals surface area contributed by atoms with Gasteiger partial charge in [0.1, 0.15) is 0 Å². The number of hydrogen-bond donors (Lipinski definition) is 2. The van der Waals surface area contributed by atoms with Crippen molar-refractivity contribution < 1.29 is 14.7 Å². The van der Waals surface area contributed by atoms with Crippen LogP contribution in [0, 0.1) is 18.3 Å². The summed E-state index contributed by atoms with van der Waals surface area (Å²) in [6, 6.07) is 4.97. The van der Waals surface area contributed by atoms with Gasteiger partial charge in [-0.1, -0.05) is 26.0 Å². The predicted molar refractivity (Wildman–Crippen MR) is 68.7 cm³/mol. The Morgan fingerprint density at radius 2 is 2.00 bits per heavy atom. The lowest BCUT2D eigenvalue weighted by molar-refractivity contribution is -0.118. The largest absolute Gasteiger partial charge is 0.478 e. The Kier molecular flexibility index (Phi) is 2.89. The first-order valence-electron chi connectivity index (χ1n) is 5.97. The molecule has 0 aliphatic heterocycles. The van der Waals surface area contributed by atoms with Gasteiger partial charge in [0.2, 0.25) is 5.91 Å². The summed E-state index contributed by atoms with van der Waals surface area (Å²) in [6.07, 6.45) is 0.854. The SMILES string of the molecule is Cc1cccc(C(=O)O)c1NC(=O)C1CC1(C)C. The van der Waals surface area contributed by atoms with Crippen LogP contribution in [0.25, 0.3) is 0 Å². The molecule has 1 aliphatic carbocycles. The summed E-state index contributed by atoms with van der Waals surface area (Å²) < 4.78 is 0. The summed E-state index contributed by atoms with van der Waals surface area (Å²) in [6.45, 7) is 5.86. The Labute approximate surface area is 106 Å². The van der Waals surface area contributed by atoms with Crippen LogP contribution in [0.15, 0.2) is 18.2 Å². The fraction of sp³-hybridized carbons (Fsp3) is 0.429. The fourth-order valence-electron chi connectivity index (χ4n) is 2.14. The number of aryl methyl sites for hydroxylation is 1. The average molecular weight is 247 g/mol. The third-order valence-electron chi connectivity index (χ3n) is 3.58. The minimum Gasteiger partial charge on any atom is -0.478 e. The molecule has 1 saturated carbocycles. The number of para-hydroxylation sites is 1. The number of nitrogens with one attached hydrogen (secondary N) is 1. The lowest BCUT2D eigenvalue weighted by Crippen LogP contribution is -2.19. The number of hydrogen-bond acceptors (Lipinski definition) is 2. The van der Waals surface area contributed by atoms with E-state index in [1.807, 2.05) is 13.8 Å². The Balaban J connectivity index is 2.24. The first-order valence-corrected chi connectivity index (χ1v) is 5.97. The Bertz CT molecular complexity index is 520. The van der Waals surface area contributed by atoms with Crippen molar-refractivity contribution in [1.82, 2.24) is 0 Å². The van der Waals surface area contributed by atoms with Gasteiger partial charge in [0.25, 0.3) is 0 Å². The summed E-state index contributed by atoms with van der Waals surface area (Å²) in [5, 5.41) is 11.9. The quantitative estimate of drug-likeness (QED) is 0.863. The van der Waals surface area contributed by atoms with Crippen LogP contribution in [0.4, 0.5) is 5.69 Å². The number of benzene rings is 1. The van der Waals surface area contributed by atoms with E-state index in [9.17, 15) is 9.59 Å². The number of aromatic carboxylic acids is 1. The molecule has 2 N–H and O–H groups in total. The molecule has 2 rings (SSSR count). The molecule has 18 heavy (non-hydrogen) atoms. The van der Waals surface area contributed by atoms with Gasteiger partial charge in [0, 0.05) is 5.92 Å². The molecule has 1 atom stereocenters. The van der Waals surface area contributed by atoms with E-state index in [0.29, 0.717) is 5.69 Å². The molecule has 0 aromatic heterocycles. The summed E-state index contributed by atoms with van der Waals surface area (Å²) in [4.78, 5) is 23.1. The number of carboxylic acid groups (broad SMARTS) is 1. The van der Waals surface area contributed by atoms with Crippen LogP contribution in [0.5, 0.6) is 0 Å². The monoisotopic (exact) mass is 247 g/mol. The van der Waals surface area contributed by atoms with Gasteiger partial charge in [-0.2, -0.15) is 0 Å². The van der Waals surface area contributed by atoms with Gasteiger partial charge in [0.05, 0.1) is 11.3 Å². The van der Waals surface area contributed by atoms with Crippen LogP contribution in [0.3, 0.4) is 0 Å². The van der Waals surface area contributed by atoms with Crippen LogP contribution in [0.1, 0.15) is 36.2 Å². The Hall–Kier alpha value is -1.84. The molecular formula is C14H17NO3. The van der Waals surface area contributed by atoms with E-state index in [-0.39, 0.29) is 22.8 Å². The van der Waals surface area contributed by atoms with Crippen LogP contribution >= 0.6 is 0 Å². The molecule has 0 radical (unpaired) electrons. The first-order chi connectivity index (χ1) is 8.33. The maximum atomic E-state index is 12.0. The van der Waals surface area contributed by atoms with Crippen molar-refractivity contribution in [2.75, 3.05) is 5.32 Å². The van der Waals surface area contributed by atoms with Crippen LogP contribution in [-0.2, 0) is 4.79 Å². The number of carbonyl (C=O) groups is 2. The highest BCUT2D eigenvalue weighted by Gasteiger charge is 2.50. The molecule has 96 valence electrons. The lowest BCUT2D eigenvalue weighted by Gasteiger charge is -2.12. The molecule has 1 aromatic carbocycles. The Morgan fingerprint density at radius 1 is 1.39 bits per heavy atom. The van der Waals surface area contributed by atoms with E-state index >= 15 is 0 Å². The van der Waals surface area contributed by atoms with Gasteiger partial charge >= 0.3 is 5.97 Å². The molecular weight excluding hydrogens is 230 g/mol. The van der Waals surface area contributed by atoms with Gasteiger partial charge in [-0.3, -0.25) is 4.79 Å². The van der Waals surface area contributed by atoms with E-state index in [4.69, 9.17) is 5.11 Å². The van der Waals surface area contributed by atoms with E-state index in [1.165, 1.54) is 6.07 Å².